The van der Waals surface area contributed by atoms with E-state index in [0.717, 1.165) is 0 Å². The molecule has 90 valence electrons. The molecule has 0 radical (unpaired) electrons. The van der Waals surface area contributed by atoms with Crippen molar-refractivity contribution in [1.29, 1.82) is 5.26 Å². The van der Waals surface area contributed by atoms with Crippen molar-refractivity contribution in [1.82, 2.24) is 10.6 Å². The van der Waals surface area contributed by atoms with Crippen molar-refractivity contribution in [3.8, 4) is 6.07 Å². The summed E-state index contributed by atoms with van der Waals surface area (Å²) in [5, 5.41) is 13.5. The Morgan fingerprint density at radius 3 is 2.75 bits per heavy atom. The molecule has 0 fully saturated rings. The van der Waals surface area contributed by atoms with E-state index >= 15 is 0 Å². The summed E-state index contributed by atoms with van der Waals surface area (Å²) in [4.78, 5) is 22.3. The highest BCUT2D eigenvalue weighted by Crippen LogP contribution is 1.86. The first-order valence-corrected chi connectivity index (χ1v) is 5.15. The van der Waals surface area contributed by atoms with Gasteiger partial charge < -0.3 is 10.1 Å². The van der Waals surface area contributed by atoms with Crippen molar-refractivity contribution in [3.05, 3.63) is 0 Å². The van der Waals surface area contributed by atoms with Crippen molar-refractivity contribution >= 4 is 11.9 Å². The Labute approximate surface area is 95.0 Å². The van der Waals surface area contributed by atoms with Crippen LogP contribution < -0.4 is 10.6 Å². The number of rotatable bonds is 7. The second-order valence-electron chi connectivity index (χ2n) is 3.11. The molecule has 1 unspecified atom stereocenters. The highest BCUT2D eigenvalue weighted by molar-refractivity contribution is 5.80. The van der Waals surface area contributed by atoms with Gasteiger partial charge in [0.05, 0.1) is 25.6 Å². The van der Waals surface area contributed by atoms with Crippen LogP contribution in [0.3, 0.4) is 0 Å². The molecule has 2 N–H and O–H groups in total. The number of hydrogen-bond donors (Lipinski definition) is 2. The van der Waals surface area contributed by atoms with E-state index < -0.39 is 6.04 Å². The van der Waals surface area contributed by atoms with Gasteiger partial charge in [0.15, 0.2) is 0 Å². The molecule has 0 saturated carbocycles. The van der Waals surface area contributed by atoms with Gasteiger partial charge in [0.1, 0.15) is 6.04 Å². The van der Waals surface area contributed by atoms with Crippen molar-refractivity contribution in [2.24, 2.45) is 0 Å². The number of esters is 1. The van der Waals surface area contributed by atoms with E-state index in [2.05, 4.69) is 10.6 Å². The Balaban J connectivity index is 3.67. The Kier molecular flexibility index (Phi) is 7.81. The Bertz CT molecular complexity index is 273. The van der Waals surface area contributed by atoms with Crippen molar-refractivity contribution < 1.29 is 14.3 Å². The first kappa shape index (κ1) is 14.4. The van der Waals surface area contributed by atoms with Crippen LogP contribution >= 0.6 is 0 Å². The summed E-state index contributed by atoms with van der Waals surface area (Å²) >= 11 is 0. The van der Waals surface area contributed by atoms with Gasteiger partial charge in [0, 0.05) is 6.54 Å². The second kappa shape index (κ2) is 8.68. The fourth-order valence-electron chi connectivity index (χ4n) is 0.917. The highest BCUT2D eigenvalue weighted by Gasteiger charge is 2.13. The molecule has 0 spiro atoms. The largest absolute Gasteiger partial charge is 0.465 e. The van der Waals surface area contributed by atoms with Crippen LogP contribution in [0.4, 0.5) is 0 Å². The number of ether oxygens (including phenoxy) is 1. The van der Waals surface area contributed by atoms with E-state index in [9.17, 15) is 9.59 Å². The third kappa shape index (κ3) is 6.79. The monoisotopic (exact) mass is 227 g/mol. The zero-order chi connectivity index (χ0) is 12.4. The van der Waals surface area contributed by atoms with E-state index in [0.29, 0.717) is 13.2 Å². The second-order valence-corrected chi connectivity index (χ2v) is 3.11. The molecule has 6 heteroatoms. The fourth-order valence-corrected chi connectivity index (χ4v) is 0.917. The van der Waals surface area contributed by atoms with Gasteiger partial charge in [0.25, 0.3) is 0 Å². The lowest BCUT2D eigenvalue weighted by Gasteiger charge is -2.11. The number of nitriles is 1. The molecule has 0 aliphatic heterocycles. The van der Waals surface area contributed by atoms with Crippen molar-refractivity contribution in [2.75, 3.05) is 19.7 Å². The lowest BCUT2D eigenvalue weighted by Crippen LogP contribution is -2.42. The molecule has 0 rings (SSSR count). The standard InChI is InChI=1S/C10H17N3O3/c1-3-16-10(15)8(2)13-7-9(14)12-6-4-5-11/h8,13H,3-4,6-7H2,1-2H3,(H,12,14). The fraction of sp³-hybridized carbons (Fsp3) is 0.700. The molecule has 1 atom stereocenters. The Hall–Kier alpha value is -1.61. The number of carbonyl (C=O) groups is 2. The number of nitrogens with one attached hydrogen (secondary N) is 2. The minimum Gasteiger partial charge on any atom is -0.465 e. The maximum atomic E-state index is 11.2. The van der Waals surface area contributed by atoms with Crippen LogP contribution in [0.1, 0.15) is 20.3 Å². The maximum absolute atomic E-state index is 11.2. The molecule has 16 heavy (non-hydrogen) atoms. The first-order chi connectivity index (χ1) is 7.61. The van der Waals surface area contributed by atoms with Crippen LogP contribution in [0.25, 0.3) is 0 Å². The van der Waals surface area contributed by atoms with Gasteiger partial charge in [0.2, 0.25) is 5.91 Å². The van der Waals surface area contributed by atoms with Gasteiger partial charge in [-0.2, -0.15) is 5.26 Å². The molecular weight excluding hydrogens is 210 g/mol. The molecule has 0 aromatic heterocycles. The van der Waals surface area contributed by atoms with Crippen LogP contribution in [0, 0.1) is 11.3 Å². The molecule has 0 bridgehead atoms. The van der Waals surface area contributed by atoms with Gasteiger partial charge in [-0.15, -0.1) is 0 Å². The van der Waals surface area contributed by atoms with Gasteiger partial charge in [-0.1, -0.05) is 0 Å². The van der Waals surface area contributed by atoms with Gasteiger partial charge >= 0.3 is 5.97 Å². The van der Waals surface area contributed by atoms with Crippen LogP contribution in [0.5, 0.6) is 0 Å². The highest BCUT2D eigenvalue weighted by atomic mass is 16.5. The van der Waals surface area contributed by atoms with Crippen LogP contribution in [-0.2, 0) is 14.3 Å². The third-order valence-electron chi connectivity index (χ3n) is 1.77. The predicted octanol–water partition coefficient (Wildman–Crippen LogP) is -0.443. The maximum Gasteiger partial charge on any atom is 0.322 e. The predicted molar refractivity (Wildman–Crippen MR) is 57.3 cm³/mol. The summed E-state index contributed by atoms with van der Waals surface area (Å²) in [6.45, 7) is 4.02. The lowest BCUT2D eigenvalue weighted by atomic mass is 10.3. The van der Waals surface area contributed by atoms with Crippen LogP contribution in [-0.4, -0.2) is 37.6 Å². The molecule has 0 saturated heterocycles. The SMILES string of the molecule is CCOC(=O)C(C)NCC(=O)NCCC#N. The van der Waals surface area contributed by atoms with Gasteiger partial charge in [-0.3, -0.25) is 14.9 Å². The van der Waals surface area contributed by atoms with E-state index in [-0.39, 0.29) is 24.8 Å². The zero-order valence-corrected chi connectivity index (χ0v) is 9.58. The summed E-state index contributed by atoms with van der Waals surface area (Å²) in [7, 11) is 0. The molecule has 0 aromatic rings. The van der Waals surface area contributed by atoms with E-state index in [1.807, 2.05) is 6.07 Å². The number of nitrogens with zero attached hydrogens (tertiary/aromatic N) is 1. The summed E-state index contributed by atoms with van der Waals surface area (Å²) < 4.78 is 4.76. The molecule has 1 amide bonds. The average Bonchev–Trinajstić information content (AvgIpc) is 2.26. The minimum absolute atomic E-state index is 0.0331. The van der Waals surface area contributed by atoms with Crippen LogP contribution in [0.2, 0.25) is 0 Å². The number of carbonyl (C=O) groups excluding carboxylic acids is 2. The number of hydrogen-bond acceptors (Lipinski definition) is 5. The van der Waals surface area contributed by atoms with Crippen LogP contribution in [0.15, 0.2) is 0 Å². The van der Waals surface area contributed by atoms with Gasteiger partial charge in [-0.25, -0.2) is 0 Å². The Morgan fingerprint density at radius 2 is 2.19 bits per heavy atom. The van der Waals surface area contributed by atoms with Gasteiger partial charge in [-0.05, 0) is 13.8 Å². The normalized spacial score (nSPS) is 11.3. The molecule has 0 heterocycles. The first-order valence-electron chi connectivity index (χ1n) is 5.15. The summed E-state index contributed by atoms with van der Waals surface area (Å²) in [5.41, 5.74) is 0. The third-order valence-corrected chi connectivity index (χ3v) is 1.77. The van der Waals surface area contributed by atoms with E-state index in [1.165, 1.54) is 0 Å². The molecule has 6 nitrogen and oxygen atoms in total. The molecule has 0 aromatic carbocycles. The summed E-state index contributed by atoms with van der Waals surface area (Å²) in [6.07, 6.45) is 0.277. The number of amides is 1. The molecule has 0 aliphatic rings. The topological polar surface area (TPSA) is 91.2 Å². The zero-order valence-electron chi connectivity index (χ0n) is 9.58. The molecular formula is C10H17N3O3. The van der Waals surface area contributed by atoms with E-state index in [4.69, 9.17) is 10.00 Å². The van der Waals surface area contributed by atoms with Crippen molar-refractivity contribution in [2.45, 2.75) is 26.3 Å². The summed E-state index contributed by atoms with van der Waals surface area (Å²) in [5.74, 6) is -0.626. The van der Waals surface area contributed by atoms with E-state index in [1.54, 1.807) is 13.8 Å². The Morgan fingerprint density at radius 1 is 1.50 bits per heavy atom. The van der Waals surface area contributed by atoms with Crippen molar-refractivity contribution in [3.63, 3.8) is 0 Å². The average molecular weight is 227 g/mol. The lowest BCUT2D eigenvalue weighted by molar-refractivity contribution is -0.145. The minimum atomic E-state index is -0.512. The quantitative estimate of drug-likeness (QED) is 0.454. The summed E-state index contributed by atoms with van der Waals surface area (Å²) in [6, 6.07) is 1.40. The smallest absolute Gasteiger partial charge is 0.322 e. The molecule has 0 aliphatic carbocycles.